The molecule has 0 amide bonds. The number of pyridine rings is 1. The normalized spacial score (nSPS) is 17.9. The number of carbonyl (C=O) groups is 1. The minimum absolute atomic E-state index is 0.0262. The van der Waals surface area contributed by atoms with Gasteiger partial charge < -0.3 is 10.0 Å². The van der Waals surface area contributed by atoms with E-state index in [4.69, 9.17) is 5.11 Å². The average molecular weight is 284 g/mol. The van der Waals surface area contributed by atoms with Crippen LogP contribution in [0.4, 0.5) is 5.82 Å². The fourth-order valence-electron chi connectivity index (χ4n) is 2.72. The van der Waals surface area contributed by atoms with Gasteiger partial charge in [-0.1, -0.05) is 6.07 Å². The minimum atomic E-state index is -1.05. The summed E-state index contributed by atoms with van der Waals surface area (Å²) in [4.78, 5) is 25.3. The molecule has 1 aliphatic rings. The summed E-state index contributed by atoms with van der Waals surface area (Å²) < 4.78 is 0. The Labute approximate surface area is 122 Å². The van der Waals surface area contributed by atoms with E-state index in [0.29, 0.717) is 6.04 Å². The molecule has 0 saturated carbocycles. The number of carboxylic acid groups (broad SMARTS) is 1. The lowest BCUT2D eigenvalue weighted by Crippen LogP contribution is -2.32. The molecule has 0 aliphatic carbocycles. The van der Waals surface area contributed by atoms with Crippen LogP contribution in [0.25, 0.3) is 0 Å². The summed E-state index contributed by atoms with van der Waals surface area (Å²) in [6, 6.07) is 4.37. The third-order valence-electron chi connectivity index (χ3n) is 3.72. The van der Waals surface area contributed by atoms with Gasteiger partial charge in [-0.3, -0.25) is 4.98 Å². The molecule has 2 aromatic heterocycles. The zero-order chi connectivity index (χ0) is 14.7. The van der Waals surface area contributed by atoms with Gasteiger partial charge in [-0.25, -0.2) is 14.8 Å². The van der Waals surface area contributed by atoms with Gasteiger partial charge >= 0.3 is 5.97 Å². The molecule has 3 rings (SSSR count). The molecule has 21 heavy (non-hydrogen) atoms. The number of aromatic carboxylic acids is 1. The van der Waals surface area contributed by atoms with E-state index >= 15 is 0 Å². The summed E-state index contributed by atoms with van der Waals surface area (Å²) in [5, 5.41) is 8.86. The molecule has 3 heterocycles. The molecule has 0 aromatic carbocycles. The van der Waals surface area contributed by atoms with E-state index in [1.807, 2.05) is 12.3 Å². The Morgan fingerprint density at radius 2 is 2.24 bits per heavy atom. The van der Waals surface area contributed by atoms with Crippen LogP contribution in [0.3, 0.4) is 0 Å². The van der Waals surface area contributed by atoms with Crippen LogP contribution in [0.1, 0.15) is 28.9 Å². The van der Waals surface area contributed by atoms with Crippen molar-refractivity contribution in [2.45, 2.75) is 25.3 Å². The van der Waals surface area contributed by atoms with Crippen molar-refractivity contribution in [3.63, 3.8) is 0 Å². The SMILES string of the molecule is O=C(O)c1cnc(N2CCCC2Cc2cccnc2)cn1. The standard InChI is InChI=1S/C15H16N4O2/c20-15(21)13-9-18-14(10-17-13)19-6-2-4-12(19)7-11-3-1-5-16-8-11/h1,3,5,8-10,12H,2,4,6-7H2,(H,20,21). The number of hydrogen-bond donors (Lipinski definition) is 1. The minimum Gasteiger partial charge on any atom is -0.476 e. The number of aromatic nitrogens is 3. The number of anilines is 1. The Balaban J connectivity index is 1.76. The van der Waals surface area contributed by atoms with Crippen LogP contribution in [0.5, 0.6) is 0 Å². The summed E-state index contributed by atoms with van der Waals surface area (Å²) in [5.41, 5.74) is 1.17. The van der Waals surface area contributed by atoms with Gasteiger partial charge in [-0.05, 0) is 30.9 Å². The quantitative estimate of drug-likeness (QED) is 0.922. The van der Waals surface area contributed by atoms with Crippen molar-refractivity contribution in [3.05, 3.63) is 48.2 Å². The van der Waals surface area contributed by atoms with Crippen molar-refractivity contribution in [2.24, 2.45) is 0 Å². The highest BCUT2D eigenvalue weighted by molar-refractivity contribution is 5.84. The lowest BCUT2D eigenvalue weighted by atomic mass is 10.1. The lowest BCUT2D eigenvalue weighted by molar-refractivity contribution is 0.0690. The van der Waals surface area contributed by atoms with Gasteiger partial charge in [0.25, 0.3) is 0 Å². The Kier molecular flexibility index (Phi) is 3.77. The molecule has 0 bridgehead atoms. The summed E-state index contributed by atoms with van der Waals surface area (Å²) >= 11 is 0. The molecule has 6 nitrogen and oxygen atoms in total. The van der Waals surface area contributed by atoms with Crippen molar-refractivity contribution in [2.75, 3.05) is 11.4 Å². The van der Waals surface area contributed by atoms with E-state index in [0.717, 1.165) is 31.6 Å². The monoisotopic (exact) mass is 284 g/mol. The van der Waals surface area contributed by atoms with E-state index < -0.39 is 5.97 Å². The van der Waals surface area contributed by atoms with Gasteiger partial charge in [-0.2, -0.15) is 0 Å². The first-order chi connectivity index (χ1) is 10.2. The van der Waals surface area contributed by atoms with E-state index in [9.17, 15) is 4.79 Å². The van der Waals surface area contributed by atoms with Gasteiger partial charge in [0.05, 0.1) is 12.4 Å². The smallest absolute Gasteiger partial charge is 0.356 e. The predicted octanol–water partition coefficient (Wildman–Crippen LogP) is 1.78. The third-order valence-corrected chi connectivity index (χ3v) is 3.72. The molecule has 6 heteroatoms. The second-order valence-electron chi connectivity index (χ2n) is 5.12. The number of hydrogen-bond acceptors (Lipinski definition) is 5. The summed E-state index contributed by atoms with van der Waals surface area (Å²) in [6.07, 6.45) is 9.63. The fourth-order valence-corrected chi connectivity index (χ4v) is 2.72. The van der Waals surface area contributed by atoms with Crippen LogP contribution in [0.2, 0.25) is 0 Å². The van der Waals surface area contributed by atoms with Gasteiger partial charge in [0.2, 0.25) is 0 Å². The second-order valence-corrected chi connectivity index (χ2v) is 5.12. The zero-order valence-electron chi connectivity index (χ0n) is 11.5. The molecule has 1 unspecified atom stereocenters. The summed E-state index contributed by atoms with van der Waals surface area (Å²) in [5.74, 6) is -0.311. The molecular formula is C15H16N4O2. The van der Waals surface area contributed by atoms with Gasteiger partial charge in [0.1, 0.15) is 5.82 Å². The van der Waals surface area contributed by atoms with Crippen LogP contribution in [0, 0.1) is 0 Å². The Morgan fingerprint density at radius 3 is 2.90 bits per heavy atom. The van der Waals surface area contributed by atoms with E-state index in [-0.39, 0.29) is 5.69 Å². The maximum Gasteiger partial charge on any atom is 0.356 e. The fraction of sp³-hybridized carbons (Fsp3) is 0.333. The van der Waals surface area contributed by atoms with Crippen molar-refractivity contribution in [3.8, 4) is 0 Å². The van der Waals surface area contributed by atoms with Crippen molar-refractivity contribution in [1.82, 2.24) is 15.0 Å². The van der Waals surface area contributed by atoms with Gasteiger partial charge in [-0.15, -0.1) is 0 Å². The number of nitrogens with zero attached hydrogens (tertiary/aromatic N) is 4. The van der Waals surface area contributed by atoms with Gasteiger partial charge in [0, 0.05) is 25.0 Å². The molecule has 0 radical (unpaired) electrons. The van der Waals surface area contributed by atoms with E-state index in [2.05, 4.69) is 25.9 Å². The third kappa shape index (κ3) is 2.99. The maximum absolute atomic E-state index is 10.8. The first-order valence-corrected chi connectivity index (χ1v) is 6.95. The maximum atomic E-state index is 10.8. The predicted molar refractivity (Wildman–Crippen MR) is 77.3 cm³/mol. The highest BCUT2D eigenvalue weighted by Crippen LogP contribution is 2.25. The largest absolute Gasteiger partial charge is 0.476 e. The number of rotatable bonds is 4. The first-order valence-electron chi connectivity index (χ1n) is 6.95. The van der Waals surface area contributed by atoms with Crippen molar-refractivity contribution in [1.29, 1.82) is 0 Å². The first kappa shape index (κ1) is 13.5. The van der Waals surface area contributed by atoms with Crippen LogP contribution >= 0.6 is 0 Å². The van der Waals surface area contributed by atoms with E-state index in [1.54, 1.807) is 12.4 Å². The lowest BCUT2D eigenvalue weighted by Gasteiger charge is -2.25. The molecule has 0 spiro atoms. The van der Waals surface area contributed by atoms with Crippen LogP contribution < -0.4 is 4.90 Å². The zero-order valence-corrected chi connectivity index (χ0v) is 11.5. The summed E-state index contributed by atoms with van der Waals surface area (Å²) in [6.45, 7) is 0.923. The van der Waals surface area contributed by atoms with Crippen molar-refractivity contribution >= 4 is 11.8 Å². The van der Waals surface area contributed by atoms with Crippen LogP contribution in [-0.2, 0) is 6.42 Å². The van der Waals surface area contributed by atoms with Gasteiger partial charge in [0.15, 0.2) is 5.69 Å². The molecule has 2 aromatic rings. The molecule has 108 valence electrons. The topological polar surface area (TPSA) is 79.2 Å². The Hall–Kier alpha value is -2.50. The molecular weight excluding hydrogens is 268 g/mol. The Morgan fingerprint density at radius 1 is 1.33 bits per heavy atom. The highest BCUT2D eigenvalue weighted by atomic mass is 16.4. The highest BCUT2D eigenvalue weighted by Gasteiger charge is 2.26. The summed E-state index contributed by atoms with van der Waals surface area (Å²) in [7, 11) is 0. The molecule has 1 atom stereocenters. The van der Waals surface area contributed by atoms with Crippen LogP contribution in [0.15, 0.2) is 36.9 Å². The second kappa shape index (κ2) is 5.87. The molecule has 1 saturated heterocycles. The molecule has 1 fully saturated rings. The van der Waals surface area contributed by atoms with E-state index in [1.165, 1.54) is 11.8 Å². The average Bonchev–Trinajstić information content (AvgIpc) is 2.96. The van der Waals surface area contributed by atoms with Crippen molar-refractivity contribution < 1.29 is 9.90 Å². The Bertz CT molecular complexity index is 615. The molecule has 1 aliphatic heterocycles. The molecule has 1 N–H and O–H groups in total. The van der Waals surface area contributed by atoms with Crippen LogP contribution in [-0.4, -0.2) is 38.6 Å². The number of carboxylic acids is 1.